The molecule has 0 bridgehead atoms. The lowest BCUT2D eigenvalue weighted by Gasteiger charge is -2.09. The second-order valence-electron chi connectivity index (χ2n) is 5.61. The lowest BCUT2D eigenvalue weighted by atomic mass is 10.2. The number of furan rings is 1. The number of carbonyl (C=O) groups excluding carboxylic acids is 2. The third-order valence-corrected chi connectivity index (χ3v) is 3.64. The van der Waals surface area contributed by atoms with Gasteiger partial charge in [0.25, 0.3) is 5.91 Å². The molecule has 2 amide bonds. The smallest absolute Gasteiger partial charge is 0.251 e. The van der Waals surface area contributed by atoms with E-state index in [1.165, 1.54) is 0 Å². The Morgan fingerprint density at radius 3 is 2.46 bits per heavy atom. The minimum atomic E-state index is -0.209. The topological polar surface area (TPSA) is 83.4 Å². The van der Waals surface area contributed by atoms with Crippen LogP contribution in [0.5, 0.6) is 0 Å². The SMILES string of the molecule is O=C(CNc1cccc(C(=O)NCc2ccco2)c1)Nc1ccccc1. The predicted molar refractivity (Wildman–Crippen MR) is 99.9 cm³/mol. The Kier molecular flexibility index (Phi) is 5.67. The van der Waals surface area contributed by atoms with Gasteiger partial charge in [0.1, 0.15) is 5.76 Å². The molecule has 0 unspecified atom stereocenters. The molecule has 0 saturated heterocycles. The summed E-state index contributed by atoms with van der Waals surface area (Å²) in [6.45, 7) is 0.426. The van der Waals surface area contributed by atoms with Crippen LogP contribution in [0.3, 0.4) is 0 Å². The number of hydrogen-bond donors (Lipinski definition) is 3. The molecule has 3 rings (SSSR count). The van der Waals surface area contributed by atoms with Crippen LogP contribution in [0.1, 0.15) is 16.1 Å². The second-order valence-corrected chi connectivity index (χ2v) is 5.61. The van der Waals surface area contributed by atoms with Gasteiger partial charge in [-0.15, -0.1) is 0 Å². The van der Waals surface area contributed by atoms with E-state index in [1.54, 1.807) is 42.7 Å². The van der Waals surface area contributed by atoms with Crippen molar-refractivity contribution >= 4 is 23.2 Å². The van der Waals surface area contributed by atoms with Gasteiger partial charge in [0.05, 0.1) is 19.4 Å². The Bertz CT molecular complexity index is 861. The van der Waals surface area contributed by atoms with E-state index in [0.717, 1.165) is 5.69 Å². The normalized spacial score (nSPS) is 10.2. The zero-order valence-corrected chi connectivity index (χ0v) is 14.1. The van der Waals surface area contributed by atoms with Crippen molar-refractivity contribution in [2.45, 2.75) is 6.54 Å². The first-order valence-electron chi connectivity index (χ1n) is 8.20. The van der Waals surface area contributed by atoms with Gasteiger partial charge < -0.3 is 20.4 Å². The maximum atomic E-state index is 12.2. The van der Waals surface area contributed by atoms with Crippen LogP contribution >= 0.6 is 0 Å². The summed E-state index contributed by atoms with van der Waals surface area (Å²) in [4.78, 5) is 24.2. The van der Waals surface area contributed by atoms with E-state index in [-0.39, 0.29) is 18.4 Å². The summed E-state index contributed by atoms with van der Waals surface area (Å²) in [6, 6.07) is 19.8. The van der Waals surface area contributed by atoms with E-state index in [1.807, 2.05) is 30.3 Å². The Morgan fingerprint density at radius 2 is 1.69 bits per heavy atom. The van der Waals surface area contributed by atoms with Gasteiger partial charge in [-0.1, -0.05) is 24.3 Å². The molecule has 2 aromatic carbocycles. The third kappa shape index (κ3) is 4.98. The standard InChI is InChI=1S/C20H19N3O3/c24-19(23-16-7-2-1-3-8-16)14-21-17-9-4-6-15(12-17)20(25)22-13-18-10-5-11-26-18/h1-12,21H,13-14H2,(H,22,25)(H,23,24). The predicted octanol–water partition coefficient (Wildman–Crippen LogP) is 3.26. The van der Waals surface area contributed by atoms with Gasteiger partial charge in [-0.25, -0.2) is 0 Å². The lowest BCUT2D eigenvalue weighted by molar-refractivity contribution is -0.114. The molecular formula is C20H19N3O3. The average molecular weight is 349 g/mol. The highest BCUT2D eigenvalue weighted by Crippen LogP contribution is 2.11. The Morgan fingerprint density at radius 1 is 0.885 bits per heavy atom. The summed E-state index contributed by atoms with van der Waals surface area (Å²) >= 11 is 0. The summed E-state index contributed by atoms with van der Waals surface area (Å²) in [5.74, 6) is 0.313. The number of hydrogen-bond acceptors (Lipinski definition) is 4. The molecule has 0 fully saturated rings. The van der Waals surface area contributed by atoms with Crippen LogP contribution in [-0.4, -0.2) is 18.4 Å². The zero-order valence-electron chi connectivity index (χ0n) is 14.1. The highest BCUT2D eigenvalue weighted by molar-refractivity contribution is 5.96. The maximum Gasteiger partial charge on any atom is 0.251 e. The molecule has 0 radical (unpaired) electrons. The molecule has 0 aliphatic carbocycles. The van der Waals surface area contributed by atoms with E-state index in [0.29, 0.717) is 23.6 Å². The highest BCUT2D eigenvalue weighted by atomic mass is 16.3. The van der Waals surface area contributed by atoms with Crippen molar-refractivity contribution in [3.63, 3.8) is 0 Å². The number of carbonyl (C=O) groups is 2. The van der Waals surface area contributed by atoms with Gasteiger partial charge in [-0.05, 0) is 42.5 Å². The molecule has 3 aromatic rings. The quantitative estimate of drug-likeness (QED) is 0.611. The summed E-state index contributed by atoms with van der Waals surface area (Å²) in [6.07, 6.45) is 1.56. The number of amides is 2. The van der Waals surface area contributed by atoms with Crippen molar-refractivity contribution in [3.8, 4) is 0 Å². The third-order valence-electron chi connectivity index (χ3n) is 3.64. The van der Waals surface area contributed by atoms with Crippen LogP contribution in [0, 0.1) is 0 Å². The minimum absolute atomic E-state index is 0.104. The van der Waals surface area contributed by atoms with Crippen LogP contribution in [0.2, 0.25) is 0 Å². The molecule has 0 atom stereocenters. The monoisotopic (exact) mass is 349 g/mol. The summed E-state index contributed by atoms with van der Waals surface area (Å²) in [5, 5.41) is 8.60. The fourth-order valence-corrected chi connectivity index (χ4v) is 2.36. The van der Waals surface area contributed by atoms with E-state index in [2.05, 4.69) is 16.0 Å². The first-order chi connectivity index (χ1) is 12.7. The van der Waals surface area contributed by atoms with Crippen molar-refractivity contribution in [1.82, 2.24) is 5.32 Å². The number of benzene rings is 2. The Labute approximate surface area is 151 Å². The van der Waals surface area contributed by atoms with Crippen molar-refractivity contribution in [3.05, 3.63) is 84.3 Å². The number of para-hydroxylation sites is 1. The van der Waals surface area contributed by atoms with Gasteiger partial charge in [0, 0.05) is 16.9 Å². The van der Waals surface area contributed by atoms with Gasteiger partial charge in [-0.2, -0.15) is 0 Å². The zero-order chi connectivity index (χ0) is 18.2. The first kappa shape index (κ1) is 17.3. The molecule has 0 aliphatic rings. The fraction of sp³-hybridized carbons (Fsp3) is 0.100. The molecule has 0 spiro atoms. The molecular weight excluding hydrogens is 330 g/mol. The number of anilines is 2. The van der Waals surface area contributed by atoms with Crippen molar-refractivity contribution in [2.75, 3.05) is 17.2 Å². The number of nitrogens with one attached hydrogen (secondary N) is 3. The van der Waals surface area contributed by atoms with Gasteiger partial charge in [0.15, 0.2) is 0 Å². The van der Waals surface area contributed by atoms with Crippen LogP contribution < -0.4 is 16.0 Å². The van der Waals surface area contributed by atoms with Crippen LogP contribution in [0.25, 0.3) is 0 Å². The molecule has 6 heteroatoms. The molecule has 0 saturated carbocycles. The van der Waals surface area contributed by atoms with Gasteiger partial charge >= 0.3 is 0 Å². The van der Waals surface area contributed by atoms with Crippen molar-refractivity contribution in [2.24, 2.45) is 0 Å². The highest BCUT2D eigenvalue weighted by Gasteiger charge is 2.08. The van der Waals surface area contributed by atoms with Crippen LogP contribution in [-0.2, 0) is 11.3 Å². The molecule has 1 heterocycles. The largest absolute Gasteiger partial charge is 0.467 e. The summed E-state index contributed by atoms with van der Waals surface area (Å²) < 4.78 is 5.19. The molecule has 3 N–H and O–H groups in total. The van der Waals surface area contributed by atoms with E-state index < -0.39 is 0 Å². The lowest BCUT2D eigenvalue weighted by Crippen LogP contribution is -2.23. The average Bonchev–Trinajstić information content (AvgIpc) is 3.19. The van der Waals surface area contributed by atoms with Crippen LogP contribution in [0.15, 0.2) is 77.4 Å². The summed E-state index contributed by atoms with van der Waals surface area (Å²) in [7, 11) is 0. The molecule has 0 aliphatic heterocycles. The van der Waals surface area contributed by atoms with Crippen molar-refractivity contribution < 1.29 is 14.0 Å². The molecule has 132 valence electrons. The minimum Gasteiger partial charge on any atom is -0.467 e. The van der Waals surface area contributed by atoms with Crippen LogP contribution in [0.4, 0.5) is 11.4 Å². The maximum absolute atomic E-state index is 12.2. The van der Waals surface area contributed by atoms with Crippen molar-refractivity contribution in [1.29, 1.82) is 0 Å². The van der Waals surface area contributed by atoms with E-state index in [4.69, 9.17) is 4.42 Å². The molecule has 6 nitrogen and oxygen atoms in total. The molecule has 26 heavy (non-hydrogen) atoms. The first-order valence-corrected chi connectivity index (χ1v) is 8.20. The van der Waals surface area contributed by atoms with Gasteiger partial charge in [-0.3, -0.25) is 9.59 Å². The van der Waals surface area contributed by atoms with Gasteiger partial charge in [0.2, 0.25) is 5.91 Å². The Balaban J connectivity index is 1.51. The van der Waals surface area contributed by atoms with E-state index >= 15 is 0 Å². The van der Waals surface area contributed by atoms with E-state index in [9.17, 15) is 9.59 Å². The second kappa shape index (κ2) is 8.53. The Hall–Kier alpha value is -3.54. The number of rotatable bonds is 7. The fourth-order valence-electron chi connectivity index (χ4n) is 2.36. The molecule has 1 aromatic heterocycles. The summed E-state index contributed by atoms with van der Waals surface area (Å²) in [5.41, 5.74) is 1.94.